The first-order valence-electron chi connectivity index (χ1n) is 45.2. The third kappa shape index (κ3) is 24.9. The largest absolute Gasteiger partial charge is 0.497 e. The molecule has 15 rings (SSSR count). The maximum Gasteiger partial charge on any atom is 0.308 e. The molecule has 9 aromatic carbocycles. The molecular weight excluding hydrogens is 2000 g/mol. The summed E-state index contributed by atoms with van der Waals surface area (Å²) in [4.78, 5) is 114. The Balaban J connectivity index is 0.000000177. The van der Waals surface area contributed by atoms with E-state index in [-0.39, 0.29) is 111 Å². The minimum atomic E-state index is -1.36. The van der Waals surface area contributed by atoms with Crippen molar-refractivity contribution in [3.05, 3.63) is 272 Å². The summed E-state index contributed by atoms with van der Waals surface area (Å²) < 4.78 is 24.5. The first-order valence-corrected chi connectivity index (χ1v) is 49.0. The fraction of sp³-hybridized carbons (Fsp3) is 0.327. The summed E-state index contributed by atoms with van der Waals surface area (Å²) in [6.07, 6.45) is 10.1. The van der Waals surface area contributed by atoms with Crippen molar-refractivity contribution in [2.45, 2.75) is 181 Å². The Labute approximate surface area is 860 Å². The number of hydrazine groups is 1. The zero-order valence-corrected chi connectivity index (χ0v) is 85.6. The number of rotatable bonds is 30. The van der Waals surface area contributed by atoms with Crippen molar-refractivity contribution < 1.29 is 57.3 Å². The van der Waals surface area contributed by atoms with Crippen LogP contribution in [0, 0.1) is 38.0 Å². The summed E-state index contributed by atoms with van der Waals surface area (Å²) in [5, 5.41) is 46.4. The Morgan fingerprint density at radius 2 is 1.23 bits per heavy atom. The third-order valence-electron chi connectivity index (χ3n) is 24.4. The van der Waals surface area contributed by atoms with Crippen LogP contribution in [0.5, 0.6) is 11.5 Å². The average molecular weight is 2100 g/mol. The number of nitrogens with zero attached hydrogens (tertiary/aromatic N) is 12. The van der Waals surface area contributed by atoms with E-state index in [0.717, 1.165) is 75.8 Å². The number of hydrogen-bond donors (Lipinski definition) is 5. The summed E-state index contributed by atoms with van der Waals surface area (Å²) in [6, 6.07) is 47.7. The molecule has 0 radical (unpaired) electrons. The van der Waals surface area contributed by atoms with Gasteiger partial charge in [0.1, 0.15) is 34.2 Å². The van der Waals surface area contributed by atoms with E-state index in [0.29, 0.717) is 93.2 Å². The van der Waals surface area contributed by atoms with Crippen LogP contribution in [0.25, 0.3) is 0 Å². The number of hydrogen-bond acceptors (Lipinski definition) is 20. The van der Waals surface area contributed by atoms with Crippen molar-refractivity contribution in [1.82, 2.24) is 25.8 Å². The second-order valence-corrected chi connectivity index (χ2v) is 38.8. The van der Waals surface area contributed by atoms with Crippen molar-refractivity contribution in [1.29, 1.82) is 0 Å². The van der Waals surface area contributed by atoms with Crippen molar-refractivity contribution in [3.63, 3.8) is 0 Å². The zero-order valence-electron chi connectivity index (χ0n) is 78.0. The SMILES string of the molecule is CCC(Oc1ccc(C)cc1C)C(=O)Nc1cccc(C(=O)NC2=NN(c3c(Cl)cc(Cl)cc3Cl)C(=O)C2N=Nc2ccc(OC)cc2)c1.CCC1(C(=O)Nc2ccc(Cl)c(N=C3NN(c4c(Cl)cc(Cl)cc4Cl)C(=O)C3N=Nc3ccc(C)cc3)c2)OC12CCCC(C)C2.CCCCOC(=O)C(CC(C)c1ccccc1)CC(C)(CC)C(=O)NC1=NN(c2c(Cl)cc(Cl)cc2Cl)C(=O)C1n1cccn1. The van der Waals surface area contributed by atoms with Gasteiger partial charge in [0.2, 0.25) is 18.0 Å². The molecular formula is C101H101Cl10N17O12. The molecule has 4 aliphatic heterocycles. The van der Waals surface area contributed by atoms with E-state index >= 15 is 0 Å². The molecule has 29 nitrogen and oxygen atoms in total. The van der Waals surface area contributed by atoms with E-state index in [9.17, 15) is 38.4 Å². The number of hydrazone groups is 2. The summed E-state index contributed by atoms with van der Waals surface area (Å²) in [5.41, 5.74) is 7.52. The fourth-order valence-electron chi connectivity index (χ4n) is 16.7. The summed E-state index contributed by atoms with van der Waals surface area (Å²) in [6.45, 7) is 20.0. The molecule has 5 heterocycles. The summed E-state index contributed by atoms with van der Waals surface area (Å²) >= 11 is 63.5. The lowest BCUT2D eigenvalue weighted by molar-refractivity contribution is -0.151. The van der Waals surface area contributed by atoms with Crippen LogP contribution in [0.3, 0.4) is 0 Å². The van der Waals surface area contributed by atoms with Gasteiger partial charge in [0.05, 0.1) is 71.9 Å². The van der Waals surface area contributed by atoms with Crippen LogP contribution >= 0.6 is 116 Å². The molecule has 10 aromatic rings. The predicted octanol–water partition coefficient (Wildman–Crippen LogP) is 25.5. The highest BCUT2D eigenvalue weighted by atomic mass is 35.5. The monoisotopic (exact) mass is 2090 g/mol. The Morgan fingerprint density at radius 3 is 1.81 bits per heavy atom. The van der Waals surface area contributed by atoms with Crippen molar-refractivity contribution >= 4 is 226 Å². The van der Waals surface area contributed by atoms with E-state index in [1.165, 1.54) is 60.5 Å². The number of anilines is 5. The zero-order chi connectivity index (χ0) is 101. The lowest BCUT2D eigenvalue weighted by Gasteiger charge is -2.32. The lowest BCUT2D eigenvalue weighted by atomic mass is 9.74. The van der Waals surface area contributed by atoms with Gasteiger partial charge >= 0.3 is 5.97 Å². The van der Waals surface area contributed by atoms with Crippen LogP contribution in [0.15, 0.2) is 230 Å². The van der Waals surface area contributed by atoms with Gasteiger partial charge in [0.15, 0.2) is 35.3 Å². The molecule has 7 amide bonds. The maximum absolute atomic E-state index is 14.1. The van der Waals surface area contributed by atoms with Gasteiger partial charge in [-0.2, -0.15) is 35.6 Å². The molecule has 140 heavy (non-hydrogen) atoms. The number of halogens is 10. The van der Waals surface area contributed by atoms with E-state index in [4.69, 9.17) is 140 Å². The van der Waals surface area contributed by atoms with Gasteiger partial charge in [0.25, 0.3) is 35.4 Å². The van der Waals surface area contributed by atoms with Gasteiger partial charge in [-0.1, -0.05) is 256 Å². The predicted molar refractivity (Wildman–Crippen MR) is 552 cm³/mol. The first-order chi connectivity index (χ1) is 66.9. The van der Waals surface area contributed by atoms with Gasteiger partial charge < -0.3 is 40.2 Å². The first kappa shape index (κ1) is 106. The number of benzene rings is 9. The fourth-order valence-corrected chi connectivity index (χ4v) is 19.8. The smallest absolute Gasteiger partial charge is 0.308 e. The molecule has 1 spiro atoms. The van der Waals surface area contributed by atoms with Crippen LogP contribution in [-0.4, -0.2) is 118 Å². The number of esters is 1. The lowest BCUT2D eigenvalue weighted by Crippen LogP contribution is -2.46. The molecule has 10 unspecified atom stereocenters. The second-order valence-electron chi connectivity index (χ2n) is 34.6. The minimum absolute atomic E-state index is 0.0511. The number of unbranched alkanes of at least 4 members (excludes halogenated alkanes) is 1. The third-order valence-corrected chi connectivity index (χ3v) is 27.1. The molecule has 1 aromatic heterocycles. The number of aromatic nitrogens is 2. The van der Waals surface area contributed by atoms with Gasteiger partial charge in [-0.15, -0.1) is 10.2 Å². The van der Waals surface area contributed by atoms with Crippen LogP contribution in [-0.2, 0) is 43.0 Å². The highest BCUT2D eigenvalue weighted by Crippen LogP contribution is 2.60. The molecule has 0 bridgehead atoms. The van der Waals surface area contributed by atoms with Gasteiger partial charge in [-0.05, 0) is 216 Å². The highest BCUT2D eigenvalue weighted by Gasteiger charge is 2.73. The molecule has 3 fully saturated rings. The van der Waals surface area contributed by atoms with Gasteiger partial charge in [0, 0.05) is 49.8 Å². The number of nitrogens with one attached hydrogen (secondary N) is 5. The van der Waals surface area contributed by atoms with Crippen LogP contribution in [0.4, 0.5) is 45.5 Å². The van der Waals surface area contributed by atoms with Crippen LogP contribution in [0.1, 0.15) is 164 Å². The number of carbonyl (C=O) groups is 8. The Bertz CT molecular complexity index is 6410. The Hall–Kier alpha value is -11.6. The number of epoxide rings is 1. The van der Waals surface area contributed by atoms with Gasteiger partial charge in [-0.25, -0.2) is 10.0 Å². The number of aryl methyl sites for hydroxylation is 3. The Kier molecular flexibility index (Phi) is 35.4. The molecule has 10 atom stereocenters. The molecule has 39 heteroatoms. The number of amidine groups is 3. The second kappa shape index (κ2) is 46.9. The van der Waals surface area contributed by atoms with Crippen molar-refractivity contribution in [2.24, 2.45) is 52.9 Å². The molecule has 5 N–H and O–H groups in total. The molecule has 732 valence electrons. The van der Waals surface area contributed by atoms with Crippen LogP contribution < -0.4 is 51.2 Å². The quantitative estimate of drug-likeness (QED) is 0.0121. The van der Waals surface area contributed by atoms with E-state index in [1.807, 2.05) is 116 Å². The van der Waals surface area contributed by atoms with Crippen molar-refractivity contribution in [3.8, 4) is 11.5 Å². The van der Waals surface area contributed by atoms with Crippen molar-refractivity contribution in [2.75, 3.05) is 39.4 Å². The number of methoxy groups -OCH3 is 1. The molecule has 1 saturated carbocycles. The van der Waals surface area contributed by atoms with Crippen LogP contribution in [0.2, 0.25) is 50.2 Å². The molecule has 5 aliphatic rings. The van der Waals surface area contributed by atoms with E-state index in [1.54, 1.807) is 85.1 Å². The number of azo groups is 2. The maximum atomic E-state index is 14.1. The van der Waals surface area contributed by atoms with E-state index in [2.05, 4.69) is 76.3 Å². The normalized spacial score (nSPS) is 19.5. The highest BCUT2D eigenvalue weighted by molar-refractivity contribution is 6.45. The van der Waals surface area contributed by atoms with Gasteiger partial charge in [-0.3, -0.25) is 48.5 Å². The molecule has 2 saturated heterocycles. The molecule has 1 aliphatic carbocycles. The Morgan fingerprint density at radius 1 is 0.629 bits per heavy atom. The van der Waals surface area contributed by atoms with E-state index < -0.39 is 70.4 Å². The topological polar surface area (TPSA) is 351 Å². The number of aliphatic imine (C=N–C) groups is 1. The number of amides is 7. The standard InChI is InChI=1S/C35H31Cl3N6O5.C33H32Cl4N6O3.C33H38Cl3N5O4/c1-5-28(49-29-14-9-19(2)15-20(29)3)34(46)39-24-8-6-7-21(16-24)33(45)40-32-30(42-41-23-10-12-25(48-4)13-11-23)35(47)44(43-32)31-26(37)17-22(36)18-27(31)38;1-4-33(32(46-33)13-5-6-19(3)17-32)31(45)38-22-11-12-23(35)26(16-22)39-29-27(41-40-21-9-7-18(2)8-10-21)30(44)43(42-29)28-24(36)14-20(34)15-25(28)37;1-5-7-16-45-31(43)23(17-21(3)22-12-9-8-10-13-22)20-33(4,6-2)32(44)38-29-28(40-15-11-14-37-40)30(42)41(39-29)27-25(35)18-24(34)19-26(27)36/h6-18,28,30H,5H2,1-4H3,(H,39,46)(H,40,43,45);7-12,14-16,19,27H,4-6,13,17H2,1-3H3,(H,38,45)(H,39,42);8-15,18-19,21,23,28H,5-7,16-17,20H2,1-4H3,(H,38,39,44). The summed E-state index contributed by atoms with van der Waals surface area (Å²) in [7, 11) is 1.54. The minimum Gasteiger partial charge on any atom is -0.497 e. The number of carbonyl (C=O) groups excluding carboxylic acids is 8. The summed E-state index contributed by atoms with van der Waals surface area (Å²) in [5.74, 6) is -2.32. The number of ether oxygens (including phenoxy) is 4. The average Bonchev–Trinajstić information content (AvgIpc) is 1.52.